The molecule has 0 unspecified atom stereocenters. The first-order valence-electron chi connectivity index (χ1n) is 12.8. The molecular weight excluding hydrogens is 761 g/mol. The molecule has 0 radical (unpaired) electrons. The van der Waals surface area contributed by atoms with Crippen LogP contribution in [0.4, 0.5) is 34.1 Å². The van der Waals surface area contributed by atoms with Gasteiger partial charge in [-0.25, -0.2) is 27.4 Å². The van der Waals surface area contributed by atoms with Gasteiger partial charge in [-0.1, -0.05) is 10.1 Å². The lowest BCUT2D eigenvalue weighted by atomic mass is 10.1. The van der Waals surface area contributed by atoms with Gasteiger partial charge in [-0.2, -0.15) is 13.5 Å². The number of hydrogen-bond acceptors (Lipinski definition) is 22. The van der Waals surface area contributed by atoms with Gasteiger partial charge in [-0.05, 0) is 61.0 Å². The van der Waals surface area contributed by atoms with Crippen molar-refractivity contribution in [1.82, 2.24) is 0 Å². The Morgan fingerprint density at radius 2 is 1.14 bits per heavy atom. The van der Waals surface area contributed by atoms with E-state index in [1.807, 2.05) is 0 Å². The molecule has 0 bridgehead atoms. The van der Waals surface area contributed by atoms with Crippen molar-refractivity contribution in [2.45, 2.75) is 21.6 Å². The van der Waals surface area contributed by atoms with E-state index in [2.05, 4.69) is 39.2 Å². The van der Waals surface area contributed by atoms with Crippen LogP contribution in [0.25, 0.3) is 0 Å². The van der Waals surface area contributed by atoms with Crippen LogP contribution in [0.15, 0.2) is 83.7 Å². The normalized spacial score (nSPS) is 12.7. The molecule has 0 saturated carbocycles. The molecule has 0 aromatic heterocycles. The zero-order valence-corrected chi connectivity index (χ0v) is 28.8. The standard InChI is InChI=1S/C23H26N6O15S5/c1-14-22(24)19(28-26-15-2-4-16(5-3-15)47(32,33)10-8-39-45-43-41-30)13-20(23(14)25)29-27-18-7-6-17(12-21(18)49(36,37)38)48(34,35)11-9-40-46-44-42-31/h2-7,12-13,30-31H,8-11,24-25H2,1H3,(H,36,37,38). The second-order valence-electron chi connectivity index (χ2n) is 9.07. The number of anilines is 2. The first-order chi connectivity index (χ1) is 23.1. The molecule has 26 heteroatoms. The number of hydrogen-bond donors (Lipinski definition) is 5. The Balaban J connectivity index is 1.84. The van der Waals surface area contributed by atoms with E-state index < -0.39 is 63.4 Å². The average Bonchev–Trinajstić information content (AvgIpc) is 3.06. The van der Waals surface area contributed by atoms with Crippen LogP contribution in [0.1, 0.15) is 5.56 Å². The summed E-state index contributed by atoms with van der Waals surface area (Å²) in [7, 11) is -12.9. The quantitative estimate of drug-likeness (QED) is 0.0207. The number of nitrogens with two attached hydrogens (primary N) is 2. The molecule has 0 aliphatic heterocycles. The summed E-state index contributed by atoms with van der Waals surface area (Å²) < 4.78 is 102. The van der Waals surface area contributed by atoms with Crippen molar-refractivity contribution in [3.63, 3.8) is 0 Å². The number of sulfone groups is 2. The molecule has 7 N–H and O–H groups in total. The van der Waals surface area contributed by atoms with Crippen molar-refractivity contribution >= 4 is 88.6 Å². The summed E-state index contributed by atoms with van der Waals surface area (Å²) >= 11 is 0.393. The lowest BCUT2D eigenvalue weighted by Gasteiger charge is -2.10. The number of azo groups is 2. The van der Waals surface area contributed by atoms with Crippen LogP contribution in [-0.4, -0.2) is 65.0 Å². The molecule has 0 spiro atoms. The third kappa shape index (κ3) is 11.6. The van der Waals surface area contributed by atoms with E-state index >= 15 is 0 Å². The Bertz CT molecular complexity index is 2000. The highest BCUT2D eigenvalue weighted by Gasteiger charge is 2.23. The van der Waals surface area contributed by atoms with Crippen molar-refractivity contribution in [1.29, 1.82) is 0 Å². The molecule has 3 aromatic carbocycles. The second kappa shape index (κ2) is 18.1. The molecule has 268 valence electrons. The maximum atomic E-state index is 12.6. The summed E-state index contributed by atoms with van der Waals surface area (Å²) in [5.41, 5.74) is 12.6. The molecule has 3 aromatic rings. The largest absolute Gasteiger partial charge is 0.397 e. The van der Waals surface area contributed by atoms with E-state index in [-0.39, 0.29) is 64.6 Å². The van der Waals surface area contributed by atoms with E-state index in [1.165, 1.54) is 30.3 Å². The van der Waals surface area contributed by atoms with Crippen molar-refractivity contribution < 1.29 is 67.4 Å². The lowest BCUT2D eigenvalue weighted by Crippen LogP contribution is -2.12. The van der Waals surface area contributed by atoms with E-state index in [4.69, 9.17) is 30.3 Å². The smallest absolute Gasteiger partial charge is 0.296 e. The van der Waals surface area contributed by atoms with Gasteiger partial charge in [0.05, 0.1) is 51.6 Å². The minimum absolute atomic E-state index is 0.0344. The Morgan fingerprint density at radius 1 is 0.673 bits per heavy atom. The van der Waals surface area contributed by atoms with Crippen LogP contribution >= 0.6 is 24.6 Å². The van der Waals surface area contributed by atoms with E-state index in [1.54, 1.807) is 6.92 Å². The monoisotopic (exact) mass is 786 g/mol. The van der Waals surface area contributed by atoms with Crippen molar-refractivity contribution in [3.05, 3.63) is 54.1 Å². The average molecular weight is 787 g/mol. The number of rotatable bonds is 19. The minimum Gasteiger partial charge on any atom is -0.397 e. The van der Waals surface area contributed by atoms with Crippen LogP contribution in [0.2, 0.25) is 0 Å². The fourth-order valence-electron chi connectivity index (χ4n) is 3.55. The van der Waals surface area contributed by atoms with Crippen LogP contribution in [0.5, 0.6) is 0 Å². The molecule has 21 nitrogen and oxygen atoms in total. The third-order valence-corrected chi connectivity index (χ3v) is 11.0. The van der Waals surface area contributed by atoms with E-state index in [9.17, 15) is 29.8 Å². The predicted octanol–water partition coefficient (Wildman–Crippen LogP) is 4.79. The van der Waals surface area contributed by atoms with E-state index in [0.717, 1.165) is 12.1 Å². The Labute approximate surface area is 287 Å². The Hall–Kier alpha value is -3.35. The van der Waals surface area contributed by atoms with Gasteiger partial charge in [-0.3, -0.25) is 12.9 Å². The van der Waals surface area contributed by atoms with Gasteiger partial charge in [-0.15, -0.1) is 24.0 Å². The van der Waals surface area contributed by atoms with Gasteiger partial charge in [0.15, 0.2) is 44.3 Å². The molecular formula is C23H26N6O15S5. The molecule has 49 heavy (non-hydrogen) atoms. The topological polar surface area (TPSA) is 320 Å². The lowest BCUT2D eigenvalue weighted by molar-refractivity contribution is -0.434. The van der Waals surface area contributed by atoms with Gasteiger partial charge in [0, 0.05) is 0 Å². The summed E-state index contributed by atoms with van der Waals surface area (Å²) in [5.74, 6) is -1.05. The summed E-state index contributed by atoms with van der Waals surface area (Å²) in [6, 6.07) is 9.33. The molecule has 0 atom stereocenters. The van der Waals surface area contributed by atoms with Crippen molar-refractivity contribution in [3.8, 4) is 0 Å². The van der Waals surface area contributed by atoms with E-state index in [0.29, 0.717) is 11.6 Å². The summed E-state index contributed by atoms with van der Waals surface area (Å²) in [5, 5.41) is 38.6. The summed E-state index contributed by atoms with van der Waals surface area (Å²) in [6.07, 6.45) is 0. The highest BCUT2D eigenvalue weighted by Crippen LogP contribution is 2.39. The minimum atomic E-state index is -5.01. The zero-order chi connectivity index (χ0) is 36.2. The highest BCUT2D eigenvalue weighted by molar-refractivity contribution is 7.92. The maximum absolute atomic E-state index is 12.6. The van der Waals surface area contributed by atoms with Gasteiger partial charge in [0.1, 0.15) is 22.0 Å². The van der Waals surface area contributed by atoms with Crippen LogP contribution in [0.3, 0.4) is 0 Å². The molecule has 0 aliphatic carbocycles. The van der Waals surface area contributed by atoms with Gasteiger partial charge in [0.25, 0.3) is 10.1 Å². The SMILES string of the molecule is Cc1c(N)c(N=Nc2ccc(S(=O)(=O)CCOSOOO)cc2)cc(N=Nc2ccc(S(=O)(=O)CCOSOOO)cc2S(=O)(=O)O)c1N. The van der Waals surface area contributed by atoms with Gasteiger partial charge >= 0.3 is 0 Å². The van der Waals surface area contributed by atoms with Crippen LogP contribution < -0.4 is 11.5 Å². The zero-order valence-electron chi connectivity index (χ0n) is 24.7. The summed E-state index contributed by atoms with van der Waals surface area (Å²) in [6.45, 7) is 0.826. The number of nitrogens with zero attached hydrogens (tertiary/aromatic N) is 4. The third-order valence-electron chi connectivity index (χ3n) is 6.02. The number of benzene rings is 3. The predicted molar refractivity (Wildman–Crippen MR) is 172 cm³/mol. The Kier molecular flexibility index (Phi) is 14.8. The fraction of sp³-hybridized carbons (Fsp3) is 0.217. The maximum Gasteiger partial charge on any atom is 0.296 e. The second-order valence-corrected chi connectivity index (χ2v) is 15.7. The molecule has 0 amide bonds. The molecule has 0 heterocycles. The molecule has 3 rings (SSSR count). The van der Waals surface area contributed by atoms with Crippen LogP contribution in [0, 0.1) is 6.92 Å². The first kappa shape index (κ1) is 40.1. The van der Waals surface area contributed by atoms with Crippen LogP contribution in [-0.2, 0) is 56.9 Å². The fourth-order valence-corrected chi connectivity index (χ4v) is 7.12. The highest BCUT2D eigenvalue weighted by atomic mass is 32.2. The van der Waals surface area contributed by atoms with Crippen molar-refractivity contribution in [2.75, 3.05) is 36.2 Å². The molecule has 0 fully saturated rings. The summed E-state index contributed by atoms with van der Waals surface area (Å²) in [4.78, 5) is -1.40. The Morgan fingerprint density at radius 3 is 1.65 bits per heavy atom. The van der Waals surface area contributed by atoms with Gasteiger partial charge in [0.2, 0.25) is 0 Å². The first-order valence-corrected chi connectivity index (χ1v) is 18.9. The molecule has 0 aliphatic rings. The van der Waals surface area contributed by atoms with Gasteiger partial charge < -0.3 is 11.5 Å². The number of nitrogen functional groups attached to an aromatic ring is 2. The molecule has 0 saturated heterocycles. The van der Waals surface area contributed by atoms with Crippen molar-refractivity contribution in [2.24, 2.45) is 20.5 Å².